The molecule has 1 unspecified atom stereocenters. The lowest BCUT2D eigenvalue weighted by atomic mass is 10.1. The molecule has 0 aromatic carbocycles. The maximum atomic E-state index is 12.9. The molecule has 0 bridgehead atoms. The maximum Gasteiger partial charge on any atom is 0.255 e. The first kappa shape index (κ1) is 13.4. The highest BCUT2D eigenvalue weighted by Crippen LogP contribution is 2.10. The molecule has 0 radical (unpaired) electrons. The summed E-state index contributed by atoms with van der Waals surface area (Å²) in [5.74, 6) is -0.893. The van der Waals surface area contributed by atoms with Gasteiger partial charge in [0.15, 0.2) is 0 Å². The molecule has 0 spiro atoms. The number of hydrogen-bond donors (Lipinski definition) is 2. The second-order valence-corrected chi connectivity index (χ2v) is 4.10. The quantitative estimate of drug-likeness (QED) is 0.827. The molecule has 5 heteroatoms. The molecule has 0 aliphatic rings. The Labute approximate surface area is 100 Å². The Morgan fingerprint density at radius 3 is 3.00 bits per heavy atom. The fraction of sp³-hybridized carbons (Fsp3) is 0.500. The van der Waals surface area contributed by atoms with Crippen LogP contribution >= 0.6 is 0 Å². The lowest BCUT2D eigenvalue weighted by molar-refractivity contribution is 0.0938. The number of halogens is 1. The number of hydrogen-bond acceptors (Lipinski definition) is 3. The molecule has 17 heavy (non-hydrogen) atoms. The topological polar surface area (TPSA) is 68.0 Å². The zero-order valence-corrected chi connectivity index (χ0v) is 10.2. The van der Waals surface area contributed by atoms with Crippen molar-refractivity contribution in [1.82, 2.24) is 10.3 Å². The first-order valence-corrected chi connectivity index (χ1v) is 5.76. The molecule has 1 heterocycles. The summed E-state index contributed by atoms with van der Waals surface area (Å²) in [6.07, 6.45) is 4.00. The van der Waals surface area contributed by atoms with Crippen molar-refractivity contribution < 1.29 is 9.18 Å². The van der Waals surface area contributed by atoms with E-state index < -0.39 is 5.82 Å². The molecule has 0 saturated carbocycles. The molecule has 94 valence electrons. The molecule has 3 N–H and O–H groups in total. The Hall–Kier alpha value is -1.65. The first-order chi connectivity index (χ1) is 8.04. The van der Waals surface area contributed by atoms with Crippen LogP contribution in [0.2, 0.25) is 0 Å². The van der Waals surface area contributed by atoms with Gasteiger partial charge < -0.3 is 11.1 Å². The highest BCUT2D eigenvalue weighted by atomic mass is 19.1. The van der Waals surface area contributed by atoms with Crippen molar-refractivity contribution in [2.45, 2.75) is 39.2 Å². The first-order valence-electron chi connectivity index (χ1n) is 5.76. The van der Waals surface area contributed by atoms with E-state index in [9.17, 15) is 9.18 Å². The van der Waals surface area contributed by atoms with Crippen LogP contribution in [0.25, 0.3) is 0 Å². The number of amides is 1. The fourth-order valence-corrected chi connectivity index (χ4v) is 1.52. The minimum atomic E-state index is -0.564. The lowest BCUT2D eigenvalue weighted by Gasteiger charge is -2.13. The van der Waals surface area contributed by atoms with Gasteiger partial charge in [-0.3, -0.25) is 4.79 Å². The van der Waals surface area contributed by atoms with Crippen LogP contribution in [0.4, 0.5) is 10.2 Å². The van der Waals surface area contributed by atoms with E-state index in [-0.39, 0.29) is 23.3 Å². The Balaban J connectivity index is 2.66. The summed E-state index contributed by atoms with van der Waals surface area (Å²) < 4.78 is 12.9. The number of carbonyl (C=O) groups is 1. The van der Waals surface area contributed by atoms with Crippen molar-refractivity contribution in [3.63, 3.8) is 0 Å². The smallest absolute Gasteiger partial charge is 0.255 e. The standard InChI is InChI=1S/C12H18FN3O/c1-3-4-5-8(2)16-12(17)10-6-9(13)7-15-11(10)14/h6-8H,3-5H2,1-2H3,(H2,14,15)(H,16,17). The average Bonchev–Trinajstić information content (AvgIpc) is 2.29. The number of aromatic nitrogens is 1. The van der Waals surface area contributed by atoms with Gasteiger partial charge >= 0.3 is 0 Å². The molecular weight excluding hydrogens is 221 g/mol. The summed E-state index contributed by atoms with van der Waals surface area (Å²) in [6, 6.07) is 1.15. The van der Waals surface area contributed by atoms with Crippen molar-refractivity contribution in [3.8, 4) is 0 Å². The lowest BCUT2D eigenvalue weighted by Crippen LogP contribution is -2.33. The van der Waals surface area contributed by atoms with Gasteiger partial charge in [0.05, 0.1) is 11.8 Å². The van der Waals surface area contributed by atoms with Gasteiger partial charge in [0.1, 0.15) is 11.6 Å². The van der Waals surface area contributed by atoms with E-state index in [1.54, 1.807) is 0 Å². The van der Waals surface area contributed by atoms with E-state index in [2.05, 4.69) is 17.2 Å². The van der Waals surface area contributed by atoms with Gasteiger partial charge in [-0.1, -0.05) is 19.8 Å². The number of anilines is 1. The minimum Gasteiger partial charge on any atom is -0.383 e. The predicted octanol–water partition coefficient (Wildman–Crippen LogP) is 2.11. The number of rotatable bonds is 5. The fourth-order valence-electron chi connectivity index (χ4n) is 1.52. The van der Waals surface area contributed by atoms with Crippen LogP contribution in [0.1, 0.15) is 43.5 Å². The van der Waals surface area contributed by atoms with Gasteiger partial charge in [-0.05, 0) is 19.4 Å². The van der Waals surface area contributed by atoms with E-state index in [1.807, 2.05) is 6.92 Å². The van der Waals surface area contributed by atoms with Gasteiger partial charge in [0, 0.05) is 6.04 Å². The SMILES string of the molecule is CCCCC(C)NC(=O)c1cc(F)cnc1N. The Morgan fingerprint density at radius 2 is 2.35 bits per heavy atom. The van der Waals surface area contributed by atoms with Crippen molar-refractivity contribution in [3.05, 3.63) is 23.6 Å². The number of nitrogens with zero attached hydrogens (tertiary/aromatic N) is 1. The number of pyridine rings is 1. The molecule has 0 fully saturated rings. The Kier molecular flexibility index (Phi) is 4.87. The number of carbonyl (C=O) groups excluding carboxylic acids is 1. The number of unbranched alkanes of at least 4 members (excludes halogenated alkanes) is 1. The van der Waals surface area contributed by atoms with Gasteiger partial charge in [-0.2, -0.15) is 0 Å². The molecule has 0 saturated heterocycles. The summed E-state index contributed by atoms with van der Waals surface area (Å²) in [4.78, 5) is 15.4. The van der Waals surface area contributed by atoms with Gasteiger partial charge in [0.25, 0.3) is 5.91 Å². The monoisotopic (exact) mass is 239 g/mol. The van der Waals surface area contributed by atoms with Crippen LogP contribution in [-0.4, -0.2) is 16.9 Å². The Morgan fingerprint density at radius 1 is 1.65 bits per heavy atom. The average molecular weight is 239 g/mol. The second kappa shape index (κ2) is 6.18. The number of nitrogen functional groups attached to an aromatic ring is 1. The number of nitrogens with two attached hydrogens (primary N) is 1. The van der Waals surface area contributed by atoms with Crippen LogP contribution in [0.5, 0.6) is 0 Å². The van der Waals surface area contributed by atoms with Gasteiger partial charge in [-0.25, -0.2) is 9.37 Å². The zero-order valence-electron chi connectivity index (χ0n) is 10.2. The minimum absolute atomic E-state index is 0.0464. The van der Waals surface area contributed by atoms with Crippen LogP contribution in [-0.2, 0) is 0 Å². The van der Waals surface area contributed by atoms with Gasteiger partial charge in [0.2, 0.25) is 0 Å². The van der Waals surface area contributed by atoms with E-state index in [0.29, 0.717) is 0 Å². The number of nitrogens with one attached hydrogen (secondary N) is 1. The molecule has 1 rings (SSSR count). The third kappa shape index (κ3) is 4.01. The van der Waals surface area contributed by atoms with Crippen molar-refractivity contribution in [2.24, 2.45) is 0 Å². The van der Waals surface area contributed by atoms with E-state index in [4.69, 9.17) is 5.73 Å². The van der Waals surface area contributed by atoms with Crippen molar-refractivity contribution in [2.75, 3.05) is 5.73 Å². The zero-order chi connectivity index (χ0) is 12.8. The molecule has 1 aromatic heterocycles. The highest BCUT2D eigenvalue weighted by Gasteiger charge is 2.14. The highest BCUT2D eigenvalue weighted by molar-refractivity contribution is 5.98. The summed E-state index contributed by atoms with van der Waals surface area (Å²) in [5.41, 5.74) is 5.62. The van der Waals surface area contributed by atoms with Crippen LogP contribution in [0.15, 0.2) is 12.3 Å². The van der Waals surface area contributed by atoms with Gasteiger partial charge in [-0.15, -0.1) is 0 Å². The molecule has 1 amide bonds. The molecule has 4 nitrogen and oxygen atoms in total. The molecule has 1 atom stereocenters. The molecular formula is C12H18FN3O. The Bertz CT molecular complexity index is 395. The van der Waals surface area contributed by atoms with Crippen LogP contribution in [0.3, 0.4) is 0 Å². The van der Waals surface area contributed by atoms with E-state index in [1.165, 1.54) is 0 Å². The van der Waals surface area contributed by atoms with E-state index in [0.717, 1.165) is 31.5 Å². The largest absolute Gasteiger partial charge is 0.383 e. The molecule has 1 aromatic rings. The summed E-state index contributed by atoms with van der Waals surface area (Å²) in [6.45, 7) is 4.00. The summed E-state index contributed by atoms with van der Waals surface area (Å²) in [5, 5.41) is 2.77. The second-order valence-electron chi connectivity index (χ2n) is 4.10. The van der Waals surface area contributed by atoms with E-state index >= 15 is 0 Å². The normalized spacial score (nSPS) is 12.2. The van der Waals surface area contributed by atoms with Crippen molar-refractivity contribution >= 4 is 11.7 Å². The van der Waals surface area contributed by atoms with Crippen molar-refractivity contribution in [1.29, 1.82) is 0 Å². The molecule has 0 aliphatic carbocycles. The molecule has 0 aliphatic heterocycles. The summed E-state index contributed by atoms with van der Waals surface area (Å²) in [7, 11) is 0. The third-order valence-electron chi connectivity index (χ3n) is 2.50. The van der Waals surface area contributed by atoms with Crippen LogP contribution in [0, 0.1) is 5.82 Å². The summed E-state index contributed by atoms with van der Waals surface area (Å²) >= 11 is 0. The van der Waals surface area contributed by atoms with Crippen LogP contribution < -0.4 is 11.1 Å². The third-order valence-corrected chi connectivity index (χ3v) is 2.50. The maximum absolute atomic E-state index is 12.9. The predicted molar refractivity (Wildman–Crippen MR) is 65.1 cm³/mol.